The molecule has 27 heavy (non-hydrogen) atoms. The van der Waals surface area contributed by atoms with E-state index in [2.05, 4.69) is 0 Å². The van der Waals surface area contributed by atoms with Crippen LogP contribution in [0, 0.1) is 0 Å². The Bertz CT molecular complexity index is 771. The van der Waals surface area contributed by atoms with Crippen molar-refractivity contribution in [2.45, 2.75) is 30.7 Å². The lowest BCUT2D eigenvalue weighted by Gasteiger charge is -2.39. The van der Waals surface area contributed by atoms with Crippen molar-refractivity contribution in [3.05, 3.63) is 54.1 Å². The molecule has 0 aliphatic carbocycles. The van der Waals surface area contributed by atoms with Crippen LogP contribution in [-0.2, 0) is 4.74 Å². The Morgan fingerprint density at radius 1 is 0.889 bits per heavy atom. The molecule has 0 bridgehead atoms. The minimum atomic E-state index is -1.51. The van der Waals surface area contributed by atoms with E-state index in [0.717, 1.165) is 11.1 Å². The summed E-state index contributed by atoms with van der Waals surface area (Å²) in [7, 11) is 0. The highest BCUT2D eigenvalue weighted by Gasteiger charge is 2.44. The first-order valence-electron chi connectivity index (χ1n) is 8.31. The van der Waals surface area contributed by atoms with Crippen molar-refractivity contribution in [1.29, 1.82) is 0 Å². The second-order valence-electron chi connectivity index (χ2n) is 6.22. The van der Waals surface area contributed by atoms with Crippen molar-refractivity contribution >= 4 is 5.97 Å². The minimum absolute atomic E-state index is 0.196. The smallest absolute Gasteiger partial charge is 0.335 e. The SMILES string of the molecule is O=C(O)c1ccc(-c2ccc(O[C@@H]3O[C@H](CO)[C@H](O)[C@H](O)[C@H]3O)cc2)cc1. The van der Waals surface area contributed by atoms with Crippen LogP contribution in [0.3, 0.4) is 0 Å². The van der Waals surface area contributed by atoms with Crippen LogP contribution in [0.15, 0.2) is 48.5 Å². The first kappa shape index (κ1) is 19.3. The molecule has 2 aromatic carbocycles. The summed E-state index contributed by atoms with van der Waals surface area (Å²) in [5.74, 6) is -0.643. The predicted molar refractivity (Wildman–Crippen MR) is 93.2 cm³/mol. The monoisotopic (exact) mass is 376 g/mol. The van der Waals surface area contributed by atoms with Gasteiger partial charge in [0.25, 0.3) is 0 Å². The van der Waals surface area contributed by atoms with Gasteiger partial charge in [0.05, 0.1) is 12.2 Å². The normalized spacial score (nSPS) is 27.9. The van der Waals surface area contributed by atoms with Crippen LogP contribution in [0.2, 0.25) is 0 Å². The fraction of sp³-hybridized carbons (Fsp3) is 0.316. The molecule has 5 atom stereocenters. The standard InChI is InChI=1S/C19H20O8/c20-9-14-15(21)16(22)17(23)19(27-14)26-13-7-5-11(6-8-13)10-1-3-12(4-2-10)18(24)25/h1-8,14-17,19-23H,9H2,(H,24,25)/t14-,15+,16+,17-,19-/m1/s1. The Kier molecular flexibility index (Phi) is 5.73. The lowest BCUT2D eigenvalue weighted by molar-refractivity contribution is -0.277. The van der Waals surface area contributed by atoms with Crippen LogP contribution in [0.5, 0.6) is 5.75 Å². The van der Waals surface area contributed by atoms with Gasteiger partial charge in [0, 0.05) is 0 Å². The highest BCUT2D eigenvalue weighted by molar-refractivity contribution is 5.88. The lowest BCUT2D eigenvalue weighted by Crippen LogP contribution is -2.60. The van der Waals surface area contributed by atoms with Gasteiger partial charge < -0.3 is 35.0 Å². The van der Waals surface area contributed by atoms with E-state index in [1.807, 2.05) is 0 Å². The van der Waals surface area contributed by atoms with E-state index in [1.54, 1.807) is 36.4 Å². The Balaban J connectivity index is 1.71. The molecule has 1 heterocycles. The van der Waals surface area contributed by atoms with E-state index in [-0.39, 0.29) is 5.56 Å². The molecule has 2 aromatic rings. The molecule has 144 valence electrons. The van der Waals surface area contributed by atoms with Crippen molar-refractivity contribution in [2.75, 3.05) is 6.61 Å². The fourth-order valence-electron chi connectivity index (χ4n) is 2.83. The Hall–Kier alpha value is -2.49. The van der Waals surface area contributed by atoms with Gasteiger partial charge in [-0.3, -0.25) is 0 Å². The van der Waals surface area contributed by atoms with Gasteiger partial charge in [-0.1, -0.05) is 24.3 Å². The van der Waals surface area contributed by atoms with Crippen LogP contribution < -0.4 is 4.74 Å². The van der Waals surface area contributed by atoms with Crippen LogP contribution in [0.1, 0.15) is 10.4 Å². The Labute approximate surface area is 154 Å². The summed E-state index contributed by atoms with van der Waals surface area (Å²) >= 11 is 0. The third kappa shape index (κ3) is 4.10. The summed E-state index contributed by atoms with van der Waals surface area (Å²) in [5.41, 5.74) is 1.84. The molecule has 8 nitrogen and oxygen atoms in total. The molecule has 1 aliphatic rings. The average molecular weight is 376 g/mol. The van der Waals surface area contributed by atoms with Gasteiger partial charge in [-0.2, -0.15) is 0 Å². The molecular formula is C19H20O8. The number of carboxylic acids is 1. The highest BCUT2D eigenvalue weighted by Crippen LogP contribution is 2.27. The number of ether oxygens (including phenoxy) is 2. The molecule has 0 unspecified atom stereocenters. The number of carbonyl (C=O) groups is 1. The molecular weight excluding hydrogens is 356 g/mol. The summed E-state index contributed by atoms with van der Waals surface area (Å²) in [4.78, 5) is 10.9. The van der Waals surface area contributed by atoms with Crippen molar-refractivity contribution in [3.8, 4) is 16.9 Å². The maximum absolute atomic E-state index is 10.9. The molecule has 1 aliphatic heterocycles. The van der Waals surface area contributed by atoms with Gasteiger partial charge in [-0.25, -0.2) is 4.79 Å². The second-order valence-corrected chi connectivity index (χ2v) is 6.22. The number of aliphatic hydroxyl groups excluding tert-OH is 4. The number of hydrogen-bond acceptors (Lipinski definition) is 7. The largest absolute Gasteiger partial charge is 0.478 e. The van der Waals surface area contributed by atoms with Crippen molar-refractivity contribution < 1.29 is 39.8 Å². The van der Waals surface area contributed by atoms with E-state index < -0.39 is 43.3 Å². The number of aromatic carboxylic acids is 1. The van der Waals surface area contributed by atoms with Crippen LogP contribution in [0.25, 0.3) is 11.1 Å². The summed E-state index contributed by atoms with van der Waals surface area (Å²) in [6.45, 7) is -0.532. The highest BCUT2D eigenvalue weighted by atomic mass is 16.7. The van der Waals surface area contributed by atoms with Crippen molar-refractivity contribution in [1.82, 2.24) is 0 Å². The van der Waals surface area contributed by atoms with Crippen LogP contribution in [-0.4, -0.2) is 68.8 Å². The number of carboxylic acid groups (broad SMARTS) is 1. The fourth-order valence-corrected chi connectivity index (χ4v) is 2.83. The molecule has 8 heteroatoms. The number of hydrogen-bond donors (Lipinski definition) is 5. The summed E-state index contributed by atoms with van der Waals surface area (Å²) in [5, 5.41) is 47.7. The average Bonchev–Trinajstić information content (AvgIpc) is 2.69. The molecule has 0 aromatic heterocycles. The van der Waals surface area contributed by atoms with Gasteiger partial charge in [0.15, 0.2) is 0 Å². The molecule has 5 N–H and O–H groups in total. The molecule has 0 saturated carbocycles. The molecule has 1 saturated heterocycles. The van der Waals surface area contributed by atoms with Gasteiger partial charge in [0.2, 0.25) is 6.29 Å². The van der Waals surface area contributed by atoms with Crippen molar-refractivity contribution in [2.24, 2.45) is 0 Å². The summed E-state index contributed by atoms with van der Waals surface area (Å²) in [6, 6.07) is 13.1. The van der Waals surface area contributed by atoms with Gasteiger partial charge >= 0.3 is 5.97 Å². The number of benzene rings is 2. The molecule has 3 rings (SSSR count). The molecule has 0 spiro atoms. The van der Waals surface area contributed by atoms with Gasteiger partial charge in [-0.15, -0.1) is 0 Å². The molecule has 0 radical (unpaired) electrons. The zero-order valence-corrected chi connectivity index (χ0v) is 14.2. The Morgan fingerprint density at radius 3 is 1.96 bits per heavy atom. The maximum Gasteiger partial charge on any atom is 0.335 e. The minimum Gasteiger partial charge on any atom is -0.478 e. The van der Waals surface area contributed by atoms with Crippen LogP contribution in [0.4, 0.5) is 0 Å². The lowest BCUT2D eigenvalue weighted by atomic mass is 9.99. The van der Waals surface area contributed by atoms with Crippen LogP contribution >= 0.6 is 0 Å². The van der Waals surface area contributed by atoms with E-state index in [9.17, 15) is 25.2 Å². The zero-order valence-electron chi connectivity index (χ0n) is 14.2. The van der Waals surface area contributed by atoms with E-state index in [0.29, 0.717) is 5.75 Å². The summed E-state index contributed by atoms with van der Waals surface area (Å²) < 4.78 is 10.8. The topological polar surface area (TPSA) is 137 Å². The number of rotatable bonds is 5. The van der Waals surface area contributed by atoms with E-state index in [4.69, 9.17) is 14.6 Å². The number of aliphatic hydroxyl groups is 4. The maximum atomic E-state index is 10.9. The quantitative estimate of drug-likeness (QED) is 0.500. The third-order valence-corrected chi connectivity index (χ3v) is 4.42. The van der Waals surface area contributed by atoms with Gasteiger partial charge in [0.1, 0.15) is 30.2 Å². The second kappa shape index (κ2) is 8.03. The zero-order chi connectivity index (χ0) is 19.6. The first-order valence-corrected chi connectivity index (χ1v) is 8.31. The van der Waals surface area contributed by atoms with Gasteiger partial charge in [-0.05, 0) is 35.4 Å². The Morgan fingerprint density at radius 2 is 1.44 bits per heavy atom. The van der Waals surface area contributed by atoms with E-state index >= 15 is 0 Å². The van der Waals surface area contributed by atoms with Crippen molar-refractivity contribution in [3.63, 3.8) is 0 Å². The predicted octanol–water partition coefficient (Wildman–Crippen LogP) is 0.230. The first-order chi connectivity index (χ1) is 12.9. The summed E-state index contributed by atoms with van der Waals surface area (Å²) in [6.07, 6.45) is -6.72. The third-order valence-electron chi connectivity index (χ3n) is 4.42. The molecule has 1 fully saturated rings. The van der Waals surface area contributed by atoms with E-state index in [1.165, 1.54) is 12.1 Å². The molecule has 0 amide bonds.